The lowest BCUT2D eigenvalue weighted by atomic mass is 9.72. The van der Waals surface area contributed by atoms with E-state index in [2.05, 4.69) is 33.0 Å². The van der Waals surface area contributed by atoms with Crippen molar-refractivity contribution in [1.82, 2.24) is 5.32 Å². The van der Waals surface area contributed by atoms with Gasteiger partial charge in [0.1, 0.15) is 0 Å². The fraction of sp³-hybridized carbons (Fsp3) is 1.00. The van der Waals surface area contributed by atoms with Crippen LogP contribution in [-0.2, 0) is 0 Å². The summed E-state index contributed by atoms with van der Waals surface area (Å²) in [6.45, 7) is 10.6. The topological polar surface area (TPSA) is 12.0 Å². The zero-order valence-corrected chi connectivity index (χ0v) is 15.3. The summed E-state index contributed by atoms with van der Waals surface area (Å²) in [5, 5.41) is 3.84. The van der Waals surface area contributed by atoms with Crippen molar-refractivity contribution in [2.45, 2.75) is 104 Å². The molecule has 0 amide bonds. The molecular formula is C20H41N. The molecule has 0 radical (unpaired) electrons. The van der Waals surface area contributed by atoms with Gasteiger partial charge in [0.25, 0.3) is 0 Å². The van der Waals surface area contributed by atoms with E-state index in [0.717, 1.165) is 23.8 Å². The van der Waals surface area contributed by atoms with E-state index in [0.29, 0.717) is 0 Å². The normalized spacial score (nSPS) is 26.4. The summed E-state index contributed by atoms with van der Waals surface area (Å²) in [6, 6.07) is 0.815. The lowest BCUT2D eigenvalue weighted by Gasteiger charge is -2.38. The smallest absolute Gasteiger partial charge is 0.00955 e. The van der Waals surface area contributed by atoms with Gasteiger partial charge in [-0.1, -0.05) is 66.2 Å². The maximum absolute atomic E-state index is 3.84. The van der Waals surface area contributed by atoms with Crippen LogP contribution < -0.4 is 5.32 Å². The summed E-state index contributed by atoms with van der Waals surface area (Å²) in [6.07, 6.45) is 15.7. The summed E-state index contributed by atoms with van der Waals surface area (Å²) in [5.74, 6) is 2.81. The minimum Gasteiger partial charge on any atom is -0.314 e. The molecule has 1 aliphatic carbocycles. The number of nitrogens with one attached hydrogen (secondary N) is 1. The predicted octanol–water partition coefficient (Wildman–Crippen LogP) is 6.18. The molecule has 0 bridgehead atoms. The Bertz CT molecular complexity index is 236. The summed E-state index contributed by atoms with van der Waals surface area (Å²) in [5.41, 5.74) is 0. The molecule has 0 heterocycles. The first-order valence-corrected chi connectivity index (χ1v) is 9.92. The monoisotopic (exact) mass is 295 g/mol. The van der Waals surface area contributed by atoms with E-state index in [1.165, 1.54) is 77.2 Å². The molecule has 0 spiro atoms. The van der Waals surface area contributed by atoms with E-state index in [-0.39, 0.29) is 0 Å². The molecule has 1 saturated carbocycles. The van der Waals surface area contributed by atoms with Crippen LogP contribution in [0.15, 0.2) is 0 Å². The van der Waals surface area contributed by atoms with Crippen molar-refractivity contribution in [3.8, 4) is 0 Å². The molecule has 0 aromatic rings. The van der Waals surface area contributed by atoms with Crippen LogP contribution in [0.25, 0.3) is 0 Å². The predicted molar refractivity (Wildman–Crippen MR) is 95.7 cm³/mol. The lowest BCUT2D eigenvalue weighted by Crippen LogP contribution is -2.41. The van der Waals surface area contributed by atoms with Gasteiger partial charge in [-0.15, -0.1) is 0 Å². The van der Waals surface area contributed by atoms with Gasteiger partial charge in [-0.3, -0.25) is 0 Å². The second kappa shape index (κ2) is 11.5. The molecule has 3 unspecified atom stereocenters. The van der Waals surface area contributed by atoms with Gasteiger partial charge >= 0.3 is 0 Å². The molecule has 1 fully saturated rings. The fourth-order valence-electron chi connectivity index (χ4n) is 4.01. The second-order valence-electron chi connectivity index (χ2n) is 7.69. The third kappa shape index (κ3) is 7.68. The van der Waals surface area contributed by atoms with E-state index in [1.807, 2.05) is 0 Å². The van der Waals surface area contributed by atoms with Crippen LogP contribution in [0, 0.1) is 17.8 Å². The third-order valence-electron chi connectivity index (χ3n) is 5.55. The highest BCUT2D eigenvalue weighted by atomic mass is 14.9. The van der Waals surface area contributed by atoms with Crippen LogP contribution in [0.4, 0.5) is 0 Å². The van der Waals surface area contributed by atoms with Crippen molar-refractivity contribution in [2.24, 2.45) is 17.8 Å². The van der Waals surface area contributed by atoms with Gasteiger partial charge in [0, 0.05) is 6.04 Å². The first-order valence-electron chi connectivity index (χ1n) is 9.92. The van der Waals surface area contributed by atoms with Crippen LogP contribution in [0.3, 0.4) is 0 Å². The average molecular weight is 296 g/mol. The van der Waals surface area contributed by atoms with Crippen molar-refractivity contribution in [2.75, 3.05) is 6.54 Å². The highest BCUT2D eigenvalue weighted by Crippen LogP contribution is 2.36. The van der Waals surface area contributed by atoms with Crippen molar-refractivity contribution >= 4 is 0 Å². The van der Waals surface area contributed by atoms with Gasteiger partial charge < -0.3 is 5.32 Å². The summed E-state index contributed by atoms with van der Waals surface area (Å²) >= 11 is 0. The Morgan fingerprint density at radius 2 is 1.62 bits per heavy atom. The second-order valence-corrected chi connectivity index (χ2v) is 7.69. The Kier molecular flexibility index (Phi) is 10.4. The highest BCUT2D eigenvalue weighted by molar-refractivity contribution is 4.85. The first kappa shape index (κ1) is 19.0. The molecule has 3 atom stereocenters. The van der Waals surface area contributed by atoms with Crippen molar-refractivity contribution < 1.29 is 0 Å². The van der Waals surface area contributed by atoms with Gasteiger partial charge in [0.15, 0.2) is 0 Å². The molecule has 1 heteroatoms. The Hall–Kier alpha value is -0.0400. The maximum Gasteiger partial charge on any atom is 0.00955 e. The molecule has 0 aliphatic heterocycles. The summed E-state index contributed by atoms with van der Waals surface area (Å²) in [7, 11) is 0. The van der Waals surface area contributed by atoms with Crippen LogP contribution in [0.5, 0.6) is 0 Å². The molecule has 0 saturated heterocycles. The van der Waals surface area contributed by atoms with Gasteiger partial charge in [0.2, 0.25) is 0 Å². The van der Waals surface area contributed by atoms with Crippen LogP contribution in [-0.4, -0.2) is 12.6 Å². The molecule has 1 rings (SSSR count). The molecule has 1 N–H and O–H groups in total. The minimum atomic E-state index is 0.815. The third-order valence-corrected chi connectivity index (χ3v) is 5.55. The van der Waals surface area contributed by atoms with E-state index in [9.17, 15) is 0 Å². The molecular weight excluding hydrogens is 254 g/mol. The van der Waals surface area contributed by atoms with Gasteiger partial charge in [-0.2, -0.15) is 0 Å². The van der Waals surface area contributed by atoms with Crippen LogP contribution in [0.1, 0.15) is 98.3 Å². The zero-order chi connectivity index (χ0) is 15.5. The molecule has 0 aromatic heterocycles. The van der Waals surface area contributed by atoms with Crippen molar-refractivity contribution in [3.05, 3.63) is 0 Å². The van der Waals surface area contributed by atoms with Crippen LogP contribution in [0.2, 0.25) is 0 Å². The quantitative estimate of drug-likeness (QED) is 0.449. The summed E-state index contributed by atoms with van der Waals surface area (Å²) in [4.78, 5) is 0. The van der Waals surface area contributed by atoms with E-state index < -0.39 is 0 Å². The average Bonchev–Trinajstić information content (AvgIpc) is 2.49. The molecule has 21 heavy (non-hydrogen) atoms. The van der Waals surface area contributed by atoms with E-state index in [1.54, 1.807) is 0 Å². The minimum absolute atomic E-state index is 0.815. The molecule has 1 aliphatic rings. The standard InChI is InChI=1S/C20H41N/c1-5-7-8-9-10-11-12-19-16-18(17(3)4)13-14-20(19)21-15-6-2/h17-21H,5-16H2,1-4H3. The summed E-state index contributed by atoms with van der Waals surface area (Å²) < 4.78 is 0. The van der Waals surface area contributed by atoms with Gasteiger partial charge in [0.05, 0.1) is 0 Å². The fourth-order valence-corrected chi connectivity index (χ4v) is 4.01. The maximum atomic E-state index is 3.84. The molecule has 126 valence electrons. The number of hydrogen-bond donors (Lipinski definition) is 1. The Balaban J connectivity index is 2.31. The van der Waals surface area contributed by atoms with Gasteiger partial charge in [-0.05, 0) is 56.4 Å². The number of rotatable bonds is 11. The largest absolute Gasteiger partial charge is 0.314 e. The molecule has 1 nitrogen and oxygen atoms in total. The highest BCUT2D eigenvalue weighted by Gasteiger charge is 2.30. The van der Waals surface area contributed by atoms with E-state index >= 15 is 0 Å². The first-order chi connectivity index (χ1) is 10.2. The number of unbranched alkanes of at least 4 members (excludes halogenated alkanes) is 5. The Morgan fingerprint density at radius 1 is 0.905 bits per heavy atom. The SMILES string of the molecule is CCCCCCCCC1CC(C(C)C)CCC1NCCC. The Morgan fingerprint density at radius 3 is 2.29 bits per heavy atom. The zero-order valence-electron chi connectivity index (χ0n) is 15.3. The van der Waals surface area contributed by atoms with Crippen molar-refractivity contribution in [3.63, 3.8) is 0 Å². The van der Waals surface area contributed by atoms with Gasteiger partial charge in [-0.25, -0.2) is 0 Å². The van der Waals surface area contributed by atoms with Crippen molar-refractivity contribution in [1.29, 1.82) is 0 Å². The number of hydrogen-bond acceptors (Lipinski definition) is 1. The Labute approximate surface area is 134 Å². The van der Waals surface area contributed by atoms with E-state index in [4.69, 9.17) is 0 Å². The lowest BCUT2D eigenvalue weighted by molar-refractivity contribution is 0.158. The molecule has 0 aromatic carbocycles. The van der Waals surface area contributed by atoms with Crippen LogP contribution >= 0.6 is 0 Å².